The lowest BCUT2D eigenvalue weighted by Gasteiger charge is -2.12. The van der Waals surface area contributed by atoms with Gasteiger partial charge >= 0.3 is 0 Å². The molecule has 0 aromatic heterocycles. The molecule has 4 N–H and O–H groups in total. The van der Waals surface area contributed by atoms with Crippen LogP contribution in [0.3, 0.4) is 0 Å². The van der Waals surface area contributed by atoms with E-state index in [-0.39, 0.29) is 18.6 Å². The van der Waals surface area contributed by atoms with Gasteiger partial charge in [-0.15, -0.1) is 0 Å². The maximum Gasteiger partial charge on any atom is 0.236 e. The van der Waals surface area contributed by atoms with Crippen LogP contribution in [0.1, 0.15) is 13.8 Å². The van der Waals surface area contributed by atoms with Crippen LogP contribution in [0.25, 0.3) is 0 Å². The van der Waals surface area contributed by atoms with E-state index in [0.29, 0.717) is 0 Å². The zero-order valence-corrected chi connectivity index (χ0v) is 6.29. The molecule has 0 rings (SSSR count). The topological polar surface area (TPSA) is 75.3 Å². The molecular formula is C6H14N2O2. The first kappa shape index (κ1) is 9.39. The summed E-state index contributed by atoms with van der Waals surface area (Å²) in [6, 6.07) is -0.715. The summed E-state index contributed by atoms with van der Waals surface area (Å²) in [5.74, 6) is -0.235. The maximum atomic E-state index is 10.8. The Morgan fingerprint density at radius 1 is 1.70 bits per heavy atom. The molecule has 10 heavy (non-hydrogen) atoms. The molecule has 0 aromatic rings. The van der Waals surface area contributed by atoms with Gasteiger partial charge in [-0.05, 0) is 13.8 Å². The van der Waals surface area contributed by atoms with Crippen LogP contribution in [0.15, 0.2) is 0 Å². The van der Waals surface area contributed by atoms with E-state index in [1.54, 1.807) is 13.8 Å². The van der Waals surface area contributed by atoms with Gasteiger partial charge in [0, 0.05) is 6.04 Å². The Morgan fingerprint density at radius 3 is 2.50 bits per heavy atom. The maximum absolute atomic E-state index is 10.8. The first-order valence-corrected chi connectivity index (χ1v) is 3.24. The van der Waals surface area contributed by atoms with E-state index in [9.17, 15) is 4.79 Å². The molecular weight excluding hydrogens is 132 g/mol. The van der Waals surface area contributed by atoms with Crippen molar-refractivity contribution < 1.29 is 9.90 Å². The third-order valence-corrected chi connectivity index (χ3v) is 1.08. The van der Waals surface area contributed by atoms with Crippen molar-refractivity contribution >= 4 is 5.91 Å². The predicted molar refractivity (Wildman–Crippen MR) is 38.3 cm³/mol. The van der Waals surface area contributed by atoms with Crippen molar-refractivity contribution in [3.8, 4) is 0 Å². The number of nitrogens with one attached hydrogen (secondary N) is 1. The molecule has 0 aliphatic carbocycles. The van der Waals surface area contributed by atoms with E-state index in [0.717, 1.165) is 0 Å². The summed E-state index contributed by atoms with van der Waals surface area (Å²) in [5.41, 5.74) is 5.25. The number of carbonyl (C=O) groups excluding carboxylic acids is 1. The molecule has 0 saturated heterocycles. The minimum absolute atomic E-state index is 0.0571. The molecule has 1 amide bonds. The van der Waals surface area contributed by atoms with Gasteiger partial charge in [-0.1, -0.05) is 0 Å². The molecule has 4 heteroatoms. The molecule has 0 aliphatic rings. The summed E-state index contributed by atoms with van der Waals surface area (Å²) in [7, 11) is 0. The van der Waals surface area contributed by atoms with E-state index < -0.39 is 6.04 Å². The van der Waals surface area contributed by atoms with Crippen LogP contribution in [0.4, 0.5) is 0 Å². The lowest BCUT2D eigenvalue weighted by molar-refractivity contribution is -0.122. The summed E-state index contributed by atoms with van der Waals surface area (Å²) >= 11 is 0. The monoisotopic (exact) mass is 146 g/mol. The molecule has 0 spiro atoms. The minimum atomic E-state index is -0.506. The molecule has 0 fully saturated rings. The van der Waals surface area contributed by atoms with Gasteiger partial charge in [0.25, 0.3) is 0 Å². The van der Waals surface area contributed by atoms with Crippen LogP contribution in [0.2, 0.25) is 0 Å². The van der Waals surface area contributed by atoms with Gasteiger partial charge in [-0.25, -0.2) is 0 Å². The lowest BCUT2D eigenvalue weighted by Crippen LogP contribution is -2.43. The second-order valence-electron chi connectivity index (χ2n) is 2.38. The van der Waals surface area contributed by atoms with Gasteiger partial charge in [-0.3, -0.25) is 4.79 Å². The van der Waals surface area contributed by atoms with Crippen molar-refractivity contribution in [3.63, 3.8) is 0 Å². The largest absolute Gasteiger partial charge is 0.394 e. The smallest absolute Gasteiger partial charge is 0.236 e. The van der Waals surface area contributed by atoms with Gasteiger partial charge < -0.3 is 16.2 Å². The number of aliphatic hydroxyl groups excluding tert-OH is 1. The minimum Gasteiger partial charge on any atom is -0.394 e. The molecule has 0 aromatic carbocycles. The van der Waals surface area contributed by atoms with E-state index in [1.807, 2.05) is 0 Å². The molecule has 0 aliphatic heterocycles. The number of aliphatic hydroxyl groups is 1. The average Bonchev–Trinajstić information content (AvgIpc) is 1.87. The molecule has 0 saturated carbocycles. The van der Waals surface area contributed by atoms with Gasteiger partial charge in [0.2, 0.25) is 5.91 Å². The van der Waals surface area contributed by atoms with Crippen LogP contribution in [0.5, 0.6) is 0 Å². The summed E-state index contributed by atoms with van der Waals surface area (Å²) in [6.45, 7) is 3.25. The average molecular weight is 146 g/mol. The fourth-order valence-electron chi connectivity index (χ4n) is 0.420. The fourth-order valence-corrected chi connectivity index (χ4v) is 0.420. The van der Waals surface area contributed by atoms with Crippen molar-refractivity contribution in [1.82, 2.24) is 5.32 Å². The van der Waals surface area contributed by atoms with E-state index >= 15 is 0 Å². The predicted octanol–water partition coefficient (Wildman–Crippen LogP) is -1.17. The SMILES string of the molecule is CC(CO)NC(=O)[C@@H](C)N. The van der Waals surface area contributed by atoms with Gasteiger partial charge in [-0.2, -0.15) is 0 Å². The summed E-state index contributed by atoms with van der Waals surface area (Å²) in [5, 5.41) is 11.0. The second-order valence-corrected chi connectivity index (χ2v) is 2.38. The first-order valence-electron chi connectivity index (χ1n) is 3.24. The quantitative estimate of drug-likeness (QED) is 0.469. The number of hydrogen-bond acceptors (Lipinski definition) is 3. The van der Waals surface area contributed by atoms with E-state index in [4.69, 9.17) is 10.8 Å². The third kappa shape index (κ3) is 3.42. The molecule has 0 heterocycles. The zero-order chi connectivity index (χ0) is 8.15. The number of nitrogens with two attached hydrogens (primary N) is 1. The summed E-state index contributed by atoms with van der Waals surface area (Å²) < 4.78 is 0. The van der Waals surface area contributed by atoms with E-state index in [2.05, 4.69) is 5.32 Å². The van der Waals surface area contributed by atoms with Crippen molar-refractivity contribution in [1.29, 1.82) is 0 Å². The van der Waals surface area contributed by atoms with Crippen LogP contribution in [-0.2, 0) is 4.79 Å². The molecule has 60 valence electrons. The molecule has 2 atom stereocenters. The molecule has 0 radical (unpaired) electrons. The van der Waals surface area contributed by atoms with Gasteiger partial charge in [0.05, 0.1) is 12.6 Å². The summed E-state index contributed by atoms with van der Waals surface area (Å²) in [4.78, 5) is 10.8. The highest BCUT2D eigenvalue weighted by molar-refractivity contribution is 5.81. The Morgan fingerprint density at radius 2 is 2.20 bits per heavy atom. The number of hydrogen-bond donors (Lipinski definition) is 3. The second kappa shape index (κ2) is 4.24. The number of carbonyl (C=O) groups is 1. The van der Waals surface area contributed by atoms with Crippen molar-refractivity contribution in [3.05, 3.63) is 0 Å². The lowest BCUT2D eigenvalue weighted by atomic mass is 10.3. The van der Waals surface area contributed by atoms with Crippen molar-refractivity contribution in [2.75, 3.05) is 6.61 Å². The normalized spacial score (nSPS) is 16.0. The first-order chi connectivity index (χ1) is 4.57. The number of amides is 1. The highest BCUT2D eigenvalue weighted by atomic mass is 16.3. The van der Waals surface area contributed by atoms with Crippen LogP contribution >= 0.6 is 0 Å². The van der Waals surface area contributed by atoms with Crippen molar-refractivity contribution in [2.45, 2.75) is 25.9 Å². The number of rotatable bonds is 3. The molecule has 1 unspecified atom stereocenters. The Labute approximate surface area is 60.4 Å². The Bertz CT molecular complexity index is 114. The van der Waals surface area contributed by atoms with Crippen LogP contribution in [-0.4, -0.2) is 29.7 Å². The fraction of sp³-hybridized carbons (Fsp3) is 0.833. The molecule has 4 nitrogen and oxygen atoms in total. The van der Waals surface area contributed by atoms with Gasteiger partial charge in [0.15, 0.2) is 0 Å². The Balaban J connectivity index is 3.57. The Kier molecular flexibility index (Phi) is 3.99. The van der Waals surface area contributed by atoms with Crippen molar-refractivity contribution in [2.24, 2.45) is 5.73 Å². The third-order valence-electron chi connectivity index (χ3n) is 1.08. The summed E-state index contributed by atoms with van der Waals surface area (Å²) in [6.07, 6.45) is 0. The van der Waals surface area contributed by atoms with E-state index in [1.165, 1.54) is 0 Å². The van der Waals surface area contributed by atoms with Crippen LogP contribution < -0.4 is 11.1 Å². The molecule has 0 bridgehead atoms. The highest BCUT2D eigenvalue weighted by Crippen LogP contribution is 1.80. The highest BCUT2D eigenvalue weighted by Gasteiger charge is 2.09. The van der Waals surface area contributed by atoms with Crippen LogP contribution in [0, 0.1) is 0 Å². The zero-order valence-electron chi connectivity index (χ0n) is 6.29. The van der Waals surface area contributed by atoms with Gasteiger partial charge in [0.1, 0.15) is 0 Å². The standard InChI is InChI=1S/C6H14N2O2/c1-4(3-9)8-6(10)5(2)7/h4-5,9H,3,7H2,1-2H3,(H,8,10)/t4?,5-/m1/s1. The Hall–Kier alpha value is -0.610.